The quantitative estimate of drug-likeness (QED) is 0.676. The first kappa shape index (κ1) is 16.3. The molecule has 1 N–H and O–H groups in total. The van der Waals surface area contributed by atoms with Gasteiger partial charge in [-0.1, -0.05) is 23.4 Å². The van der Waals surface area contributed by atoms with E-state index in [2.05, 4.69) is 16.8 Å². The molecule has 1 aromatic heterocycles. The van der Waals surface area contributed by atoms with Crippen LogP contribution in [0.2, 0.25) is 5.02 Å². The molecular formula is C19H15ClN2O2. The van der Waals surface area contributed by atoms with Crippen molar-refractivity contribution in [3.8, 4) is 11.8 Å². The number of aliphatic hydroxyl groups is 1. The molecular weight excluding hydrogens is 324 g/mol. The number of hydrogen-bond donors (Lipinski definition) is 1. The Labute approximate surface area is 145 Å². The molecule has 2 aromatic rings. The standard InChI is InChI=1S/C19H15ClN2O2/c1-22-12-11-21-18(22)13-16-17(23)8-10-19(16,24)9-2-3-14-4-6-15(20)7-5-14/h4-8,10-13,24H,9H2,1H3/b16-13-. The van der Waals surface area contributed by atoms with Crippen LogP contribution in [0.4, 0.5) is 0 Å². The van der Waals surface area contributed by atoms with Crippen LogP contribution in [0.1, 0.15) is 17.8 Å². The number of nitrogens with zero attached hydrogens (tertiary/aromatic N) is 2. The Balaban J connectivity index is 1.84. The maximum atomic E-state index is 12.1. The minimum atomic E-state index is -1.40. The molecule has 1 aliphatic rings. The van der Waals surface area contributed by atoms with E-state index in [1.54, 1.807) is 47.3 Å². The predicted molar refractivity (Wildman–Crippen MR) is 93.2 cm³/mol. The average molecular weight is 339 g/mol. The molecule has 1 atom stereocenters. The van der Waals surface area contributed by atoms with E-state index in [9.17, 15) is 9.90 Å². The summed E-state index contributed by atoms with van der Waals surface area (Å²) in [5, 5.41) is 11.4. The molecule has 1 aromatic carbocycles. The van der Waals surface area contributed by atoms with Gasteiger partial charge >= 0.3 is 0 Å². The second-order valence-electron chi connectivity index (χ2n) is 5.56. The van der Waals surface area contributed by atoms with Crippen molar-refractivity contribution >= 4 is 23.5 Å². The van der Waals surface area contributed by atoms with Crippen LogP contribution in [0, 0.1) is 11.8 Å². The van der Waals surface area contributed by atoms with Gasteiger partial charge in [-0.05, 0) is 42.5 Å². The fourth-order valence-corrected chi connectivity index (χ4v) is 2.54. The molecule has 0 bridgehead atoms. The number of halogens is 1. The maximum absolute atomic E-state index is 12.1. The summed E-state index contributed by atoms with van der Waals surface area (Å²) in [5.41, 5.74) is -0.323. The van der Waals surface area contributed by atoms with Gasteiger partial charge in [0, 0.05) is 42.0 Å². The summed E-state index contributed by atoms with van der Waals surface area (Å²) in [6, 6.07) is 7.12. The van der Waals surface area contributed by atoms with Crippen LogP contribution in [0.5, 0.6) is 0 Å². The summed E-state index contributed by atoms with van der Waals surface area (Å²) in [6.45, 7) is 0. The zero-order valence-electron chi connectivity index (χ0n) is 13.0. The molecule has 0 amide bonds. The smallest absolute Gasteiger partial charge is 0.185 e. The number of benzene rings is 1. The van der Waals surface area contributed by atoms with Gasteiger partial charge in [-0.15, -0.1) is 0 Å². The summed E-state index contributed by atoms with van der Waals surface area (Å²) >= 11 is 5.84. The van der Waals surface area contributed by atoms with Crippen LogP contribution in [0.3, 0.4) is 0 Å². The van der Waals surface area contributed by atoms with Crippen molar-refractivity contribution in [1.29, 1.82) is 0 Å². The van der Waals surface area contributed by atoms with E-state index in [0.717, 1.165) is 5.56 Å². The number of hydrogen-bond acceptors (Lipinski definition) is 3. The molecule has 0 saturated carbocycles. The number of allylic oxidation sites excluding steroid dienone is 1. The summed E-state index contributed by atoms with van der Waals surface area (Å²) < 4.78 is 1.78. The van der Waals surface area contributed by atoms with Crippen LogP contribution < -0.4 is 0 Å². The van der Waals surface area contributed by atoms with Gasteiger partial charge < -0.3 is 9.67 Å². The van der Waals surface area contributed by atoms with Gasteiger partial charge in [-0.2, -0.15) is 0 Å². The lowest BCUT2D eigenvalue weighted by Gasteiger charge is -2.19. The first-order valence-corrected chi connectivity index (χ1v) is 7.76. The minimum Gasteiger partial charge on any atom is -0.380 e. The van der Waals surface area contributed by atoms with Gasteiger partial charge in [0.25, 0.3) is 0 Å². The summed E-state index contributed by atoms with van der Waals surface area (Å²) in [4.78, 5) is 16.2. The van der Waals surface area contributed by atoms with E-state index in [1.165, 1.54) is 12.2 Å². The van der Waals surface area contributed by atoms with Crippen molar-refractivity contribution in [2.75, 3.05) is 0 Å². The topological polar surface area (TPSA) is 55.1 Å². The highest BCUT2D eigenvalue weighted by Gasteiger charge is 2.36. The largest absolute Gasteiger partial charge is 0.380 e. The Hall–Kier alpha value is -2.61. The van der Waals surface area contributed by atoms with Gasteiger partial charge in [-0.25, -0.2) is 4.98 Å². The Morgan fingerprint density at radius 3 is 2.79 bits per heavy atom. The first-order chi connectivity index (χ1) is 11.5. The number of carbonyl (C=O) groups is 1. The van der Waals surface area contributed by atoms with Gasteiger partial charge in [-0.3, -0.25) is 4.79 Å². The van der Waals surface area contributed by atoms with Crippen LogP contribution >= 0.6 is 11.6 Å². The molecule has 1 unspecified atom stereocenters. The fourth-order valence-electron chi connectivity index (χ4n) is 2.42. The van der Waals surface area contributed by atoms with Gasteiger partial charge in [0.15, 0.2) is 5.78 Å². The van der Waals surface area contributed by atoms with Crippen molar-refractivity contribution < 1.29 is 9.90 Å². The minimum absolute atomic E-state index is 0.119. The predicted octanol–water partition coefficient (Wildman–Crippen LogP) is 2.77. The first-order valence-electron chi connectivity index (χ1n) is 7.38. The number of aryl methyl sites for hydroxylation is 1. The molecule has 0 saturated heterocycles. The number of aromatic nitrogens is 2. The number of rotatable bonds is 2. The zero-order valence-corrected chi connectivity index (χ0v) is 13.8. The molecule has 1 aliphatic carbocycles. The second-order valence-corrected chi connectivity index (χ2v) is 6.00. The maximum Gasteiger partial charge on any atom is 0.185 e. The van der Waals surface area contributed by atoms with E-state index in [-0.39, 0.29) is 17.8 Å². The Morgan fingerprint density at radius 2 is 2.12 bits per heavy atom. The van der Waals surface area contributed by atoms with Crippen molar-refractivity contribution in [1.82, 2.24) is 9.55 Å². The van der Waals surface area contributed by atoms with Gasteiger partial charge in [0.1, 0.15) is 11.4 Å². The van der Waals surface area contributed by atoms with Crippen LogP contribution in [-0.2, 0) is 11.8 Å². The summed E-state index contributed by atoms with van der Waals surface area (Å²) in [7, 11) is 1.83. The van der Waals surface area contributed by atoms with Crippen LogP contribution in [0.15, 0.2) is 54.4 Å². The van der Waals surface area contributed by atoms with E-state index in [1.807, 2.05) is 7.05 Å². The summed E-state index contributed by atoms with van der Waals surface area (Å²) in [6.07, 6.45) is 8.00. The zero-order chi connectivity index (χ0) is 17.2. The van der Waals surface area contributed by atoms with Gasteiger partial charge in [0.2, 0.25) is 0 Å². The van der Waals surface area contributed by atoms with E-state index < -0.39 is 5.60 Å². The molecule has 0 radical (unpaired) electrons. The molecule has 0 aliphatic heterocycles. The average Bonchev–Trinajstić information content (AvgIpc) is 3.08. The SMILES string of the molecule is Cn1ccnc1/C=C1/C(=O)C=CC1(O)CC#Cc1ccc(Cl)cc1. The van der Waals surface area contributed by atoms with Crippen LogP contribution in [-0.4, -0.2) is 26.0 Å². The van der Waals surface area contributed by atoms with Crippen molar-refractivity contribution in [2.24, 2.45) is 7.05 Å². The molecule has 0 spiro atoms. The number of ketones is 1. The normalized spacial score (nSPS) is 21.1. The third-order valence-corrected chi connectivity index (χ3v) is 4.06. The highest BCUT2D eigenvalue weighted by Crippen LogP contribution is 2.30. The molecule has 3 rings (SSSR count). The lowest BCUT2D eigenvalue weighted by atomic mass is 9.92. The second kappa shape index (κ2) is 6.48. The van der Waals surface area contributed by atoms with Crippen molar-refractivity contribution in [3.05, 3.63) is 70.8 Å². The molecule has 4 nitrogen and oxygen atoms in total. The molecule has 0 fully saturated rings. The lowest BCUT2D eigenvalue weighted by molar-refractivity contribution is -0.111. The van der Waals surface area contributed by atoms with Crippen molar-refractivity contribution in [3.63, 3.8) is 0 Å². The van der Waals surface area contributed by atoms with E-state index in [4.69, 9.17) is 11.6 Å². The molecule has 5 heteroatoms. The third-order valence-electron chi connectivity index (χ3n) is 3.81. The monoisotopic (exact) mass is 338 g/mol. The molecule has 120 valence electrons. The Morgan fingerprint density at radius 1 is 1.38 bits per heavy atom. The highest BCUT2D eigenvalue weighted by atomic mass is 35.5. The van der Waals surface area contributed by atoms with Crippen LogP contribution in [0.25, 0.3) is 6.08 Å². The molecule has 24 heavy (non-hydrogen) atoms. The van der Waals surface area contributed by atoms with E-state index >= 15 is 0 Å². The summed E-state index contributed by atoms with van der Waals surface area (Å²) in [5.74, 6) is 6.28. The molecule has 1 heterocycles. The van der Waals surface area contributed by atoms with Gasteiger partial charge in [0.05, 0.1) is 0 Å². The highest BCUT2D eigenvalue weighted by molar-refractivity contribution is 6.30. The Bertz CT molecular complexity index is 897. The number of imidazole rings is 1. The lowest BCUT2D eigenvalue weighted by Crippen LogP contribution is -2.27. The number of carbonyl (C=O) groups excluding carboxylic acids is 1. The van der Waals surface area contributed by atoms with E-state index in [0.29, 0.717) is 10.8 Å². The van der Waals surface area contributed by atoms with Crippen molar-refractivity contribution in [2.45, 2.75) is 12.0 Å². The Kier molecular flexibility index (Phi) is 4.39. The fraction of sp³-hybridized carbons (Fsp3) is 0.158. The third kappa shape index (κ3) is 3.33.